The second kappa shape index (κ2) is 2.26. The van der Waals surface area contributed by atoms with Gasteiger partial charge >= 0.3 is 0 Å². The number of hydrogen-bond donors (Lipinski definition) is 0. The maximum absolute atomic E-state index is 11.6. The lowest BCUT2D eigenvalue weighted by molar-refractivity contribution is -0.124. The summed E-state index contributed by atoms with van der Waals surface area (Å²) >= 11 is 0. The van der Waals surface area contributed by atoms with E-state index in [1.807, 2.05) is 6.08 Å². The second-order valence-corrected chi connectivity index (χ2v) is 5.44. The zero-order chi connectivity index (χ0) is 9.85. The van der Waals surface area contributed by atoms with Gasteiger partial charge in [-0.3, -0.25) is 4.79 Å². The van der Waals surface area contributed by atoms with E-state index in [0.29, 0.717) is 23.0 Å². The van der Waals surface area contributed by atoms with Crippen molar-refractivity contribution in [1.82, 2.24) is 0 Å². The normalized spacial score (nSPS) is 40.7. The third-order valence-corrected chi connectivity index (χ3v) is 4.17. The first kappa shape index (κ1) is 8.98. The van der Waals surface area contributed by atoms with Crippen LogP contribution in [0.3, 0.4) is 0 Å². The first-order valence-electron chi connectivity index (χ1n) is 5.15. The van der Waals surface area contributed by atoms with Gasteiger partial charge in [0.25, 0.3) is 0 Å². The van der Waals surface area contributed by atoms with Crippen molar-refractivity contribution in [2.75, 3.05) is 0 Å². The van der Waals surface area contributed by atoms with E-state index in [-0.39, 0.29) is 5.41 Å². The number of hydrogen-bond acceptors (Lipinski definition) is 1. The Morgan fingerprint density at radius 2 is 2.08 bits per heavy atom. The van der Waals surface area contributed by atoms with Crippen LogP contribution in [0.2, 0.25) is 0 Å². The average molecular weight is 178 g/mol. The molecule has 0 bridgehead atoms. The Labute approximate surface area is 80.2 Å². The highest BCUT2D eigenvalue weighted by atomic mass is 16.1. The summed E-state index contributed by atoms with van der Waals surface area (Å²) in [5.74, 6) is 1.57. The molecular weight excluding hydrogens is 160 g/mol. The molecule has 0 heterocycles. The van der Waals surface area contributed by atoms with Crippen LogP contribution < -0.4 is 0 Å². The number of ketones is 1. The van der Waals surface area contributed by atoms with Gasteiger partial charge in [0.1, 0.15) is 0 Å². The van der Waals surface area contributed by atoms with E-state index < -0.39 is 0 Å². The van der Waals surface area contributed by atoms with Crippen molar-refractivity contribution in [3.8, 4) is 0 Å². The maximum atomic E-state index is 11.6. The van der Waals surface area contributed by atoms with Crippen molar-refractivity contribution in [1.29, 1.82) is 0 Å². The molecule has 0 saturated heterocycles. The average Bonchev–Trinajstić information content (AvgIpc) is 2.75. The molecule has 2 aliphatic carbocycles. The van der Waals surface area contributed by atoms with Crippen LogP contribution in [0.5, 0.6) is 0 Å². The molecule has 1 saturated carbocycles. The van der Waals surface area contributed by atoms with Crippen LogP contribution in [0.1, 0.15) is 34.1 Å². The summed E-state index contributed by atoms with van der Waals surface area (Å²) in [5, 5.41) is 0. The van der Waals surface area contributed by atoms with Gasteiger partial charge in [-0.15, -0.1) is 0 Å². The Morgan fingerprint density at radius 3 is 2.62 bits per heavy atom. The Bertz CT molecular complexity index is 285. The number of carbonyl (C=O) groups is 1. The zero-order valence-corrected chi connectivity index (χ0v) is 8.92. The van der Waals surface area contributed by atoms with Gasteiger partial charge in [-0.2, -0.15) is 0 Å². The predicted octanol–water partition coefficient (Wildman–Crippen LogP) is 2.81. The third kappa shape index (κ3) is 0.962. The maximum Gasteiger partial charge on any atom is 0.161 e. The van der Waals surface area contributed by atoms with Gasteiger partial charge in [-0.1, -0.05) is 33.8 Å². The van der Waals surface area contributed by atoms with Crippen LogP contribution in [0.25, 0.3) is 0 Å². The first-order valence-corrected chi connectivity index (χ1v) is 5.15. The highest BCUT2D eigenvalue weighted by Crippen LogP contribution is 2.67. The van der Waals surface area contributed by atoms with Crippen LogP contribution in [-0.4, -0.2) is 5.78 Å². The summed E-state index contributed by atoms with van der Waals surface area (Å²) < 4.78 is 0. The minimum absolute atomic E-state index is 0.112. The van der Waals surface area contributed by atoms with Crippen molar-refractivity contribution in [2.45, 2.75) is 34.1 Å². The number of allylic oxidation sites excluding steroid dienone is 2. The van der Waals surface area contributed by atoms with E-state index in [1.54, 1.807) is 0 Å². The van der Waals surface area contributed by atoms with Gasteiger partial charge in [0.05, 0.1) is 0 Å². The Hall–Kier alpha value is -0.590. The zero-order valence-electron chi connectivity index (χ0n) is 8.92. The highest BCUT2D eigenvalue weighted by molar-refractivity contribution is 5.96. The molecule has 72 valence electrons. The largest absolute Gasteiger partial charge is 0.294 e. The highest BCUT2D eigenvalue weighted by Gasteiger charge is 2.63. The molecular formula is C12H18O. The molecule has 1 heteroatoms. The fourth-order valence-electron chi connectivity index (χ4n) is 2.85. The summed E-state index contributed by atoms with van der Waals surface area (Å²) in [6, 6.07) is 0. The lowest BCUT2D eigenvalue weighted by Crippen LogP contribution is -2.32. The molecule has 0 radical (unpaired) electrons. The van der Waals surface area contributed by atoms with Gasteiger partial charge in [0.15, 0.2) is 5.78 Å². The van der Waals surface area contributed by atoms with Gasteiger partial charge in [-0.05, 0) is 29.7 Å². The molecule has 2 rings (SSSR count). The molecule has 0 amide bonds. The van der Waals surface area contributed by atoms with Crippen molar-refractivity contribution in [3.05, 3.63) is 12.2 Å². The molecule has 0 aromatic heterocycles. The van der Waals surface area contributed by atoms with E-state index in [4.69, 9.17) is 0 Å². The quantitative estimate of drug-likeness (QED) is 0.603. The van der Waals surface area contributed by atoms with E-state index in [2.05, 4.69) is 33.8 Å². The third-order valence-electron chi connectivity index (χ3n) is 4.17. The minimum atomic E-state index is -0.112. The van der Waals surface area contributed by atoms with E-state index in [1.165, 1.54) is 6.42 Å². The van der Waals surface area contributed by atoms with Crippen LogP contribution in [0.4, 0.5) is 0 Å². The molecule has 1 fully saturated rings. The molecule has 0 N–H and O–H groups in total. The number of carbonyl (C=O) groups excluding carboxylic acids is 1. The predicted molar refractivity (Wildman–Crippen MR) is 53.3 cm³/mol. The van der Waals surface area contributed by atoms with Crippen LogP contribution in [0.15, 0.2) is 12.2 Å². The molecule has 2 aliphatic rings. The van der Waals surface area contributed by atoms with Crippen LogP contribution in [0, 0.1) is 22.7 Å². The summed E-state index contributed by atoms with van der Waals surface area (Å²) in [7, 11) is 0. The summed E-state index contributed by atoms with van der Waals surface area (Å²) in [5.41, 5.74) is 0.246. The molecule has 0 aromatic rings. The molecule has 1 nitrogen and oxygen atoms in total. The van der Waals surface area contributed by atoms with Gasteiger partial charge < -0.3 is 0 Å². The molecule has 0 aliphatic heterocycles. The van der Waals surface area contributed by atoms with E-state index >= 15 is 0 Å². The standard InChI is InChI=1S/C12H18O/c1-8(2)12-6-5-10(13)11(3,4)9(12)7-12/h5-6,8-9H,7H2,1-4H3. The lowest BCUT2D eigenvalue weighted by Gasteiger charge is -2.31. The van der Waals surface area contributed by atoms with Crippen molar-refractivity contribution in [2.24, 2.45) is 22.7 Å². The Kier molecular flexibility index (Phi) is 1.56. The lowest BCUT2D eigenvalue weighted by atomic mass is 9.72. The van der Waals surface area contributed by atoms with Crippen molar-refractivity contribution in [3.63, 3.8) is 0 Å². The van der Waals surface area contributed by atoms with Gasteiger partial charge in [-0.25, -0.2) is 0 Å². The Morgan fingerprint density at radius 1 is 1.46 bits per heavy atom. The van der Waals surface area contributed by atoms with Crippen molar-refractivity contribution >= 4 is 5.78 Å². The fourth-order valence-corrected chi connectivity index (χ4v) is 2.85. The smallest absolute Gasteiger partial charge is 0.161 e. The van der Waals surface area contributed by atoms with Gasteiger partial charge in [0.2, 0.25) is 0 Å². The van der Waals surface area contributed by atoms with E-state index in [0.717, 1.165) is 0 Å². The van der Waals surface area contributed by atoms with Crippen molar-refractivity contribution < 1.29 is 4.79 Å². The molecule has 0 spiro atoms. The van der Waals surface area contributed by atoms with Crippen LogP contribution in [-0.2, 0) is 4.79 Å². The number of fused-ring (bicyclic) bond motifs is 1. The monoisotopic (exact) mass is 178 g/mol. The van der Waals surface area contributed by atoms with E-state index in [9.17, 15) is 4.79 Å². The fraction of sp³-hybridized carbons (Fsp3) is 0.750. The SMILES string of the molecule is CC(C)C12C=CC(=O)C(C)(C)C1C2. The minimum Gasteiger partial charge on any atom is -0.294 e. The second-order valence-electron chi connectivity index (χ2n) is 5.44. The molecule has 2 unspecified atom stereocenters. The topological polar surface area (TPSA) is 17.1 Å². The summed E-state index contributed by atoms with van der Waals surface area (Å²) in [6.07, 6.45) is 5.18. The summed E-state index contributed by atoms with van der Waals surface area (Å²) in [6.45, 7) is 8.70. The molecule has 13 heavy (non-hydrogen) atoms. The van der Waals surface area contributed by atoms with Gasteiger partial charge in [0, 0.05) is 5.41 Å². The molecule has 0 aromatic carbocycles. The van der Waals surface area contributed by atoms with Crippen LogP contribution >= 0.6 is 0 Å². The Balaban J connectivity index is 2.36. The summed E-state index contributed by atoms with van der Waals surface area (Å²) in [4.78, 5) is 11.6. The number of rotatable bonds is 1. The molecule has 2 atom stereocenters. The first-order chi connectivity index (χ1) is 5.91.